The van der Waals surface area contributed by atoms with Crippen molar-refractivity contribution in [3.8, 4) is 0 Å². The number of carbonyl (C=O) groups is 1. The summed E-state index contributed by atoms with van der Waals surface area (Å²) >= 11 is 0. The van der Waals surface area contributed by atoms with Crippen molar-refractivity contribution in [1.82, 2.24) is 5.32 Å². The number of nitrogens with one attached hydrogen (secondary N) is 1. The van der Waals surface area contributed by atoms with E-state index in [4.69, 9.17) is 9.47 Å². The van der Waals surface area contributed by atoms with Gasteiger partial charge in [-0.15, -0.1) is 0 Å². The summed E-state index contributed by atoms with van der Waals surface area (Å²) in [5.74, 6) is 0.358. The molecule has 0 aromatic heterocycles. The molecule has 1 unspecified atom stereocenters. The largest absolute Gasteiger partial charge is 0.468 e. The smallest absolute Gasteiger partial charge is 0.327 e. The van der Waals surface area contributed by atoms with Gasteiger partial charge in [-0.05, 0) is 29.9 Å². The van der Waals surface area contributed by atoms with Gasteiger partial charge in [-0.25, -0.2) is 4.79 Å². The van der Waals surface area contributed by atoms with Crippen LogP contribution in [-0.4, -0.2) is 33.3 Å². The Hall–Kier alpha value is -1.39. The van der Waals surface area contributed by atoms with Crippen molar-refractivity contribution in [2.24, 2.45) is 0 Å². The van der Waals surface area contributed by atoms with Crippen LogP contribution in [0.25, 0.3) is 0 Å². The van der Waals surface area contributed by atoms with Gasteiger partial charge in [0.05, 0.1) is 13.7 Å². The zero-order valence-corrected chi connectivity index (χ0v) is 11.5. The molecule has 1 aromatic rings. The second kappa shape index (κ2) is 6.68. The monoisotopic (exact) mass is 263 g/mol. The number of ether oxygens (including phenoxy) is 2. The molecule has 1 aliphatic carbocycles. The molecule has 1 fully saturated rings. The molecule has 19 heavy (non-hydrogen) atoms. The van der Waals surface area contributed by atoms with E-state index in [1.807, 2.05) is 18.2 Å². The Morgan fingerprint density at radius 3 is 2.74 bits per heavy atom. The summed E-state index contributed by atoms with van der Waals surface area (Å²) in [6.07, 6.45) is 2.42. The molecule has 1 N–H and O–H groups in total. The summed E-state index contributed by atoms with van der Waals surface area (Å²) in [5, 5.41) is 3.21. The van der Waals surface area contributed by atoms with Crippen LogP contribution in [0.1, 0.15) is 35.9 Å². The lowest BCUT2D eigenvalue weighted by Gasteiger charge is -2.19. The molecule has 0 amide bonds. The molecule has 1 aliphatic rings. The number of benzene rings is 1. The fourth-order valence-electron chi connectivity index (χ4n) is 2.28. The Bertz CT molecular complexity index is 429. The van der Waals surface area contributed by atoms with Gasteiger partial charge in [-0.2, -0.15) is 0 Å². The summed E-state index contributed by atoms with van der Waals surface area (Å²) in [4.78, 5) is 12.0. The molecule has 104 valence electrons. The first-order chi connectivity index (χ1) is 9.27. The lowest BCUT2D eigenvalue weighted by molar-refractivity contribution is -0.143. The predicted octanol–water partition coefficient (Wildman–Crippen LogP) is 2.01. The number of hydrogen-bond donors (Lipinski definition) is 1. The molecule has 0 aliphatic heterocycles. The van der Waals surface area contributed by atoms with E-state index in [9.17, 15) is 4.79 Å². The topological polar surface area (TPSA) is 47.6 Å². The highest BCUT2D eigenvalue weighted by Gasteiger charge is 2.30. The lowest BCUT2D eigenvalue weighted by Crippen LogP contribution is -2.32. The van der Waals surface area contributed by atoms with Crippen LogP contribution in [0.5, 0.6) is 0 Å². The van der Waals surface area contributed by atoms with Gasteiger partial charge in [-0.3, -0.25) is 5.32 Å². The van der Waals surface area contributed by atoms with Gasteiger partial charge < -0.3 is 9.47 Å². The van der Waals surface area contributed by atoms with Crippen LogP contribution >= 0.6 is 0 Å². The van der Waals surface area contributed by atoms with E-state index in [2.05, 4.69) is 11.4 Å². The third-order valence-corrected chi connectivity index (χ3v) is 3.42. The van der Waals surface area contributed by atoms with E-state index in [-0.39, 0.29) is 5.97 Å². The van der Waals surface area contributed by atoms with Crippen molar-refractivity contribution in [3.05, 3.63) is 35.4 Å². The van der Waals surface area contributed by atoms with E-state index in [0.29, 0.717) is 19.1 Å². The summed E-state index contributed by atoms with van der Waals surface area (Å²) in [6.45, 7) is 1.19. The molecule has 1 atom stereocenters. The molecular formula is C15H21NO3. The Kier molecular flexibility index (Phi) is 4.93. The van der Waals surface area contributed by atoms with Gasteiger partial charge in [-0.1, -0.05) is 24.3 Å². The van der Waals surface area contributed by atoms with Gasteiger partial charge in [0.15, 0.2) is 0 Å². The van der Waals surface area contributed by atoms with Crippen molar-refractivity contribution in [2.75, 3.05) is 27.4 Å². The zero-order valence-electron chi connectivity index (χ0n) is 11.5. The highest BCUT2D eigenvalue weighted by molar-refractivity contribution is 5.78. The minimum absolute atomic E-state index is 0.246. The standard InChI is InChI=1S/C15H21NO3/c1-18-10-9-16-14(15(17)19-2)13-6-4-3-5-12(13)11-7-8-11/h3-6,11,14,16H,7-10H2,1-2H3. The summed E-state index contributed by atoms with van der Waals surface area (Å²) in [7, 11) is 3.07. The van der Waals surface area contributed by atoms with E-state index in [1.54, 1.807) is 7.11 Å². The van der Waals surface area contributed by atoms with Crippen molar-refractivity contribution < 1.29 is 14.3 Å². The third kappa shape index (κ3) is 3.55. The fourth-order valence-corrected chi connectivity index (χ4v) is 2.28. The van der Waals surface area contributed by atoms with Crippen molar-refractivity contribution in [3.63, 3.8) is 0 Å². The Morgan fingerprint density at radius 2 is 2.11 bits per heavy atom. The van der Waals surface area contributed by atoms with Crippen molar-refractivity contribution in [2.45, 2.75) is 24.8 Å². The van der Waals surface area contributed by atoms with Crippen LogP contribution in [-0.2, 0) is 14.3 Å². The Labute approximate surface area is 114 Å². The van der Waals surface area contributed by atoms with E-state index in [0.717, 1.165) is 5.56 Å². The molecule has 0 spiro atoms. The van der Waals surface area contributed by atoms with Crippen LogP contribution in [0.3, 0.4) is 0 Å². The van der Waals surface area contributed by atoms with Gasteiger partial charge in [0, 0.05) is 13.7 Å². The highest BCUT2D eigenvalue weighted by atomic mass is 16.5. The molecular weight excluding hydrogens is 242 g/mol. The normalized spacial score (nSPS) is 16.1. The van der Waals surface area contributed by atoms with Crippen LogP contribution in [0.4, 0.5) is 0 Å². The molecule has 0 saturated heterocycles. The molecule has 1 saturated carbocycles. The minimum Gasteiger partial charge on any atom is -0.468 e. The van der Waals surface area contributed by atoms with Crippen LogP contribution in [0.15, 0.2) is 24.3 Å². The maximum Gasteiger partial charge on any atom is 0.327 e. The van der Waals surface area contributed by atoms with Crippen molar-refractivity contribution in [1.29, 1.82) is 0 Å². The number of rotatable bonds is 7. The van der Waals surface area contributed by atoms with Crippen molar-refractivity contribution >= 4 is 5.97 Å². The minimum atomic E-state index is -0.406. The molecule has 1 aromatic carbocycles. The second-order valence-electron chi connectivity index (χ2n) is 4.81. The summed E-state index contributed by atoms with van der Waals surface area (Å²) in [6, 6.07) is 7.71. The Balaban J connectivity index is 2.19. The lowest BCUT2D eigenvalue weighted by atomic mass is 9.97. The Morgan fingerprint density at radius 1 is 1.37 bits per heavy atom. The fraction of sp³-hybridized carbons (Fsp3) is 0.533. The van der Waals surface area contributed by atoms with E-state index in [1.165, 1.54) is 25.5 Å². The molecule has 0 bridgehead atoms. The van der Waals surface area contributed by atoms with Gasteiger partial charge in [0.1, 0.15) is 6.04 Å². The summed E-state index contributed by atoms with van der Waals surface area (Å²) < 4.78 is 9.93. The van der Waals surface area contributed by atoms with E-state index >= 15 is 0 Å². The third-order valence-electron chi connectivity index (χ3n) is 3.42. The highest BCUT2D eigenvalue weighted by Crippen LogP contribution is 2.43. The van der Waals surface area contributed by atoms with Crippen LogP contribution in [0.2, 0.25) is 0 Å². The predicted molar refractivity (Wildman–Crippen MR) is 73.1 cm³/mol. The second-order valence-corrected chi connectivity index (χ2v) is 4.81. The quantitative estimate of drug-likeness (QED) is 0.604. The average Bonchev–Trinajstić information content (AvgIpc) is 3.27. The van der Waals surface area contributed by atoms with E-state index < -0.39 is 6.04 Å². The number of esters is 1. The first-order valence-corrected chi connectivity index (χ1v) is 6.67. The maximum atomic E-state index is 12.0. The first kappa shape index (κ1) is 14.0. The number of carbonyl (C=O) groups excluding carboxylic acids is 1. The molecule has 2 rings (SSSR count). The molecule has 0 radical (unpaired) electrons. The van der Waals surface area contributed by atoms with Crippen LogP contribution in [0, 0.1) is 0 Å². The molecule has 4 heteroatoms. The molecule has 0 heterocycles. The summed E-state index contributed by atoms with van der Waals surface area (Å²) in [5.41, 5.74) is 2.30. The maximum absolute atomic E-state index is 12.0. The first-order valence-electron chi connectivity index (χ1n) is 6.67. The number of methoxy groups -OCH3 is 2. The SMILES string of the molecule is COCCNC(C(=O)OC)c1ccccc1C1CC1. The number of hydrogen-bond acceptors (Lipinski definition) is 4. The van der Waals surface area contributed by atoms with Gasteiger partial charge in [0.2, 0.25) is 0 Å². The van der Waals surface area contributed by atoms with Gasteiger partial charge >= 0.3 is 5.97 Å². The van der Waals surface area contributed by atoms with Gasteiger partial charge in [0.25, 0.3) is 0 Å². The molecule has 4 nitrogen and oxygen atoms in total. The zero-order chi connectivity index (χ0) is 13.7. The average molecular weight is 263 g/mol. The van der Waals surface area contributed by atoms with Crippen LogP contribution < -0.4 is 5.32 Å².